The van der Waals surface area contributed by atoms with Crippen molar-refractivity contribution in [1.29, 1.82) is 0 Å². The molecule has 0 fully saturated rings. The summed E-state index contributed by atoms with van der Waals surface area (Å²) in [4.78, 5) is 28.0. The first-order valence-electron chi connectivity index (χ1n) is 10.8. The Morgan fingerprint density at radius 2 is 1.56 bits per heavy atom. The Balaban J connectivity index is 2.43. The molecule has 10 heteroatoms. The zero-order valence-electron chi connectivity index (χ0n) is 20.4. The van der Waals surface area contributed by atoms with Crippen LogP contribution in [0.5, 0.6) is 0 Å². The maximum Gasteiger partial charge on any atom is 0.304 e. The van der Waals surface area contributed by atoms with E-state index in [2.05, 4.69) is 21.2 Å². The molecule has 2 rings (SSSR count). The van der Waals surface area contributed by atoms with E-state index in [0.717, 1.165) is 18.6 Å². The van der Waals surface area contributed by atoms with Crippen molar-refractivity contribution < 1.29 is 18.0 Å². The minimum Gasteiger partial charge on any atom is -0.350 e. The highest BCUT2D eigenvalue weighted by Crippen LogP contribution is 2.21. The van der Waals surface area contributed by atoms with E-state index < -0.39 is 34.2 Å². The number of benzene rings is 2. The first-order chi connectivity index (χ1) is 15.7. The standard InChI is InChI=1S/C24H33BrN4O4S/c1-18(23(31)26-24(2,3)4)28(16-19-12-14-20(25)15-13-19)22(30)17-29(34(32,33)27(5)6)21-10-8-7-9-11-21/h7-15,18H,16-17H2,1-6H3,(H,26,31). The van der Waals surface area contributed by atoms with E-state index in [-0.39, 0.29) is 12.5 Å². The Kier molecular flexibility index (Phi) is 9.27. The predicted molar refractivity (Wildman–Crippen MR) is 138 cm³/mol. The van der Waals surface area contributed by atoms with Gasteiger partial charge in [0.25, 0.3) is 0 Å². The van der Waals surface area contributed by atoms with Crippen LogP contribution in [-0.4, -0.2) is 61.7 Å². The van der Waals surface area contributed by atoms with Gasteiger partial charge in [0.05, 0.1) is 5.69 Å². The largest absolute Gasteiger partial charge is 0.350 e. The number of nitrogens with zero attached hydrogens (tertiary/aromatic N) is 3. The molecule has 186 valence electrons. The van der Waals surface area contributed by atoms with Crippen molar-refractivity contribution in [1.82, 2.24) is 14.5 Å². The van der Waals surface area contributed by atoms with Crippen molar-refractivity contribution in [2.75, 3.05) is 24.9 Å². The quantitative estimate of drug-likeness (QED) is 0.516. The van der Waals surface area contributed by atoms with Gasteiger partial charge in [0.15, 0.2) is 0 Å². The van der Waals surface area contributed by atoms with Gasteiger partial charge in [-0.15, -0.1) is 0 Å². The summed E-state index contributed by atoms with van der Waals surface area (Å²) in [6.07, 6.45) is 0. The van der Waals surface area contributed by atoms with Gasteiger partial charge in [-0.2, -0.15) is 12.7 Å². The van der Waals surface area contributed by atoms with Gasteiger partial charge in [-0.25, -0.2) is 4.31 Å². The molecule has 0 aliphatic heterocycles. The zero-order chi connectivity index (χ0) is 25.7. The second kappa shape index (κ2) is 11.3. The highest BCUT2D eigenvalue weighted by atomic mass is 79.9. The fourth-order valence-electron chi connectivity index (χ4n) is 3.15. The molecule has 0 saturated heterocycles. The van der Waals surface area contributed by atoms with Crippen LogP contribution in [0.4, 0.5) is 5.69 Å². The van der Waals surface area contributed by atoms with Gasteiger partial charge in [-0.05, 0) is 57.5 Å². The van der Waals surface area contributed by atoms with Gasteiger partial charge in [0.1, 0.15) is 12.6 Å². The van der Waals surface area contributed by atoms with Crippen LogP contribution in [0.2, 0.25) is 0 Å². The summed E-state index contributed by atoms with van der Waals surface area (Å²) in [5, 5.41) is 2.90. The monoisotopic (exact) mass is 552 g/mol. The van der Waals surface area contributed by atoms with Gasteiger partial charge in [0.2, 0.25) is 11.8 Å². The molecule has 0 spiro atoms. The fraction of sp³-hybridized carbons (Fsp3) is 0.417. The first-order valence-corrected chi connectivity index (χ1v) is 13.0. The molecule has 2 amide bonds. The minimum atomic E-state index is -3.96. The van der Waals surface area contributed by atoms with E-state index >= 15 is 0 Å². The van der Waals surface area contributed by atoms with Crippen LogP contribution >= 0.6 is 15.9 Å². The van der Waals surface area contributed by atoms with E-state index in [9.17, 15) is 18.0 Å². The molecule has 0 radical (unpaired) electrons. The predicted octanol–water partition coefficient (Wildman–Crippen LogP) is 3.39. The number of amides is 2. The lowest BCUT2D eigenvalue weighted by atomic mass is 10.1. The number of anilines is 1. The molecule has 8 nitrogen and oxygen atoms in total. The molecule has 0 aliphatic carbocycles. The minimum absolute atomic E-state index is 0.148. The summed E-state index contributed by atoms with van der Waals surface area (Å²) in [6.45, 7) is 6.92. The summed E-state index contributed by atoms with van der Waals surface area (Å²) in [5.41, 5.74) is 0.691. The molecule has 0 bridgehead atoms. The van der Waals surface area contributed by atoms with Crippen molar-refractivity contribution in [3.63, 3.8) is 0 Å². The molecule has 0 aliphatic rings. The maximum absolute atomic E-state index is 13.6. The molecule has 1 atom stereocenters. The summed E-state index contributed by atoms with van der Waals surface area (Å²) < 4.78 is 29.1. The van der Waals surface area contributed by atoms with Crippen LogP contribution in [0.25, 0.3) is 0 Å². The summed E-state index contributed by atoms with van der Waals surface area (Å²) in [6, 6.07) is 15.0. The lowest BCUT2D eigenvalue weighted by Crippen LogP contribution is -2.54. The number of para-hydroxylation sites is 1. The van der Waals surface area contributed by atoms with Crippen LogP contribution in [0, 0.1) is 0 Å². The number of carbonyl (C=O) groups excluding carboxylic acids is 2. The average molecular weight is 554 g/mol. The van der Waals surface area contributed by atoms with Gasteiger partial charge in [-0.3, -0.25) is 9.59 Å². The van der Waals surface area contributed by atoms with Crippen LogP contribution < -0.4 is 9.62 Å². The van der Waals surface area contributed by atoms with Crippen LogP contribution in [0.15, 0.2) is 59.1 Å². The molecule has 34 heavy (non-hydrogen) atoms. The summed E-state index contributed by atoms with van der Waals surface area (Å²) in [5.74, 6) is -0.812. The SMILES string of the molecule is CC(C(=O)NC(C)(C)C)N(Cc1ccc(Br)cc1)C(=O)CN(c1ccccc1)S(=O)(=O)N(C)C. The maximum atomic E-state index is 13.6. The van der Waals surface area contributed by atoms with Crippen molar-refractivity contribution >= 4 is 43.6 Å². The highest BCUT2D eigenvalue weighted by molar-refractivity contribution is 9.10. The zero-order valence-corrected chi connectivity index (χ0v) is 22.9. The van der Waals surface area contributed by atoms with E-state index in [0.29, 0.717) is 5.69 Å². The number of rotatable bonds is 9. The Morgan fingerprint density at radius 3 is 2.06 bits per heavy atom. The molecular formula is C24H33BrN4O4S. The second-order valence-electron chi connectivity index (χ2n) is 9.20. The van der Waals surface area contributed by atoms with Crippen molar-refractivity contribution in [3.05, 3.63) is 64.6 Å². The van der Waals surface area contributed by atoms with Gasteiger partial charge < -0.3 is 10.2 Å². The third-order valence-corrected chi connectivity index (χ3v) is 7.34. The lowest BCUT2D eigenvalue weighted by molar-refractivity contribution is -0.140. The lowest BCUT2D eigenvalue weighted by Gasteiger charge is -2.34. The molecule has 2 aromatic rings. The Bertz CT molecular complexity index is 1080. The molecule has 1 unspecified atom stereocenters. The van der Waals surface area contributed by atoms with Gasteiger partial charge in [0, 0.05) is 30.7 Å². The van der Waals surface area contributed by atoms with Crippen molar-refractivity contribution in [2.45, 2.75) is 45.8 Å². The van der Waals surface area contributed by atoms with Crippen molar-refractivity contribution in [2.24, 2.45) is 0 Å². The van der Waals surface area contributed by atoms with Gasteiger partial charge >= 0.3 is 10.2 Å². The second-order valence-corrected chi connectivity index (χ2v) is 12.2. The molecule has 0 saturated carbocycles. The molecular weight excluding hydrogens is 520 g/mol. The normalized spacial score (nSPS) is 12.8. The number of nitrogens with one attached hydrogen (secondary N) is 1. The summed E-state index contributed by atoms with van der Waals surface area (Å²) in [7, 11) is -1.14. The topological polar surface area (TPSA) is 90.0 Å². The first kappa shape index (κ1) is 27.8. The van der Waals surface area contributed by atoms with E-state index in [4.69, 9.17) is 0 Å². The number of hydrogen-bond acceptors (Lipinski definition) is 4. The molecule has 2 aromatic carbocycles. The Hall–Kier alpha value is -2.43. The third-order valence-electron chi connectivity index (χ3n) is 4.99. The highest BCUT2D eigenvalue weighted by Gasteiger charge is 2.33. The molecule has 1 N–H and O–H groups in total. The number of carbonyl (C=O) groups is 2. The van der Waals surface area contributed by atoms with Crippen LogP contribution in [-0.2, 0) is 26.3 Å². The van der Waals surface area contributed by atoms with Gasteiger partial charge in [-0.1, -0.05) is 46.3 Å². The molecule has 0 aromatic heterocycles. The van der Waals surface area contributed by atoms with Crippen molar-refractivity contribution in [3.8, 4) is 0 Å². The fourth-order valence-corrected chi connectivity index (χ4v) is 4.47. The third kappa shape index (κ3) is 7.54. The average Bonchev–Trinajstić information content (AvgIpc) is 2.75. The van der Waals surface area contributed by atoms with Crippen LogP contribution in [0.3, 0.4) is 0 Å². The Labute approximate surface area is 211 Å². The number of hydrogen-bond donors (Lipinski definition) is 1. The van der Waals surface area contributed by atoms with E-state index in [1.807, 2.05) is 45.0 Å². The smallest absolute Gasteiger partial charge is 0.304 e. The van der Waals surface area contributed by atoms with E-state index in [1.165, 1.54) is 19.0 Å². The van der Waals surface area contributed by atoms with Crippen LogP contribution in [0.1, 0.15) is 33.3 Å². The Morgan fingerprint density at radius 1 is 1.00 bits per heavy atom. The molecule has 0 heterocycles. The number of halogens is 1. The summed E-state index contributed by atoms with van der Waals surface area (Å²) >= 11 is 3.40. The van der Waals surface area contributed by atoms with E-state index in [1.54, 1.807) is 37.3 Å².